The summed E-state index contributed by atoms with van der Waals surface area (Å²) in [5.41, 5.74) is 8.18. The molecular weight excluding hydrogens is 482 g/mol. The Morgan fingerprint density at radius 1 is 1.19 bits per heavy atom. The topological polar surface area (TPSA) is 114 Å². The van der Waals surface area contributed by atoms with E-state index in [4.69, 9.17) is 31.8 Å². The van der Waals surface area contributed by atoms with Crippen molar-refractivity contribution in [1.82, 2.24) is 9.55 Å². The lowest BCUT2D eigenvalue weighted by molar-refractivity contribution is -0.173. The highest BCUT2D eigenvalue weighted by molar-refractivity contribution is 6.30. The van der Waals surface area contributed by atoms with Crippen LogP contribution in [0.5, 0.6) is 0 Å². The first-order valence-corrected chi connectivity index (χ1v) is 11.8. The van der Waals surface area contributed by atoms with Gasteiger partial charge in [-0.05, 0) is 55.0 Å². The smallest absolute Gasteiger partial charge is 0.355 e. The number of esters is 2. The number of nitrogens with two attached hydrogens (primary N) is 1. The second-order valence-corrected chi connectivity index (χ2v) is 9.31. The molecule has 4 aromatic rings. The van der Waals surface area contributed by atoms with E-state index in [2.05, 4.69) is 0 Å². The number of cyclic esters (lactones) is 1. The second kappa shape index (κ2) is 7.93. The molecule has 1 atom stereocenters. The highest BCUT2D eigenvalue weighted by Crippen LogP contribution is 2.41. The van der Waals surface area contributed by atoms with Crippen molar-refractivity contribution in [3.05, 3.63) is 92.2 Å². The van der Waals surface area contributed by atoms with Crippen LogP contribution in [-0.4, -0.2) is 21.5 Å². The zero-order valence-electron chi connectivity index (χ0n) is 19.2. The third-order valence-electron chi connectivity index (χ3n) is 6.90. The molecule has 2 aliphatic heterocycles. The van der Waals surface area contributed by atoms with Crippen molar-refractivity contribution in [1.29, 1.82) is 0 Å². The number of aromatic nitrogens is 2. The number of fused-ring (bicyclic) bond motifs is 5. The summed E-state index contributed by atoms with van der Waals surface area (Å²) in [6, 6.07) is 15.3. The van der Waals surface area contributed by atoms with E-state index < -0.39 is 17.5 Å². The van der Waals surface area contributed by atoms with Crippen LogP contribution in [0, 0.1) is 0 Å². The molecule has 0 bridgehead atoms. The standard InChI is InChI=1S/C27H20ClN3O5/c1-2-27(36-25(33)14-6-8-16(28)9-7-14)19-11-22-23-15(10-17-20(29)4-3-5-21(17)30-23)12-31(22)24(32)18(19)13-35-26(27)34/h3-11H,2,12-13,29H2,1H3/t27-/m0/s1. The van der Waals surface area contributed by atoms with E-state index in [0.29, 0.717) is 39.7 Å². The molecule has 0 fully saturated rings. The van der Waals surface area contributed by atoms with Crippen LogP contribution in [0.2, 0.25) is 5.02 Å². The Balaban J connectivity index is 1.52. The number of anilines is 1. The number of halogens is 1. The Labute approximate surface area is 210 Å². The van der Waals surface area contributed by atoms with E-state index in [9.17, 15) is 14.4 Å². The quantitative estimate of drug-likeness (QED) is 0.291. The van der Waals surface area contributed by atoms with Gasteiger partial charge in [0, 0.05) is 27.2 Å². The predicted molar refractivity (Wildman–Crippen MR) is 134 cm³/mol. The minimum absolute atomic E-state index is 0.0790. The van der Waals surface area contributed by atoms with Gasteiger partial charge in [0.2, 0.25) is 5.60 Å². The molecular formula is C27H20ClN3O5. The van der Waals surface area contributed by atoms with E-state index in [1.54, 1.807) is 35.8 Å². The molecule has 2 N–H and O–H groups in total. The highest BCUT2D eigenvalue weighted by atomic mass is 35.5. The van der Waals surface area contributed by atoms with Gasteiger partial charge in [0.1, 0.15) is 6.61 Å². The van der Waals surface area contributed by atoms with Gasteiger partial charge in [-0.2, -0.15) is 0 Å². The van der Waals surface area contributed by atoms with Crippen molar-refractivity contribution in [2.75, 3.05) is 5.73 Å². The number of carbonyl (C=O) groups is 2. The third kappa shape index (κ3) is 3.14. The number of carbonyl (C=O) groups excluding carboxylic acids is 2. The molecule has 6 rings (SSSR count). The molecule has 0 radical (unpaired) electrons. The van der Waals surface area contributed by atoms with Crippen LogP contribution in [0.25, 0.3) is 22.3 Å². The lowest BCUT2D eigenvalue weighted by atomic mass is 9.85. The Hall–Kier alpha value is -4.17. The molecule has 2 aliphatic rings. The van der Waals surface area contributed by atoms with Gasteiger partial charge in [-0.1, -0.05) is 24.6 Å². The normalized spacial score (nSPS) is 17.8. The molecule has 0 spiro atoms. The first-order valence-electron chi connectivity index (χ1n) is 11.4. The van der Waals surface area contributed by atoms with Crippen LogP contribution in [0.3, 0.4) is 0 Å². The molecule has 0 saturated carbocycles. The van der Waals surface area contributed by atoms with Crippen molar-refractivity contribution in [3.63, 3.8) is 0 Å². The fourth-order valence-electron chi connectivity index (χ4n) is 4.99. The first-order chi connectivity index (χ1) is 17.3. The highest BCUT2D eigenvalue weighted by Gasteiger charge is 2.50. The Bertz CT molecular complexity index is 1660. The molecule has 0 aliphatic carbocycles. The molecule has 0 amide bonds. The van der Waals surface area contributed by atoms with E-state index in [1.165, 1.54) is 12.1 Å². The van der Waals surface area contributed by atoms with Gasteiger partial charge in [-0.15, -0.1) is 0 Å². The number of hydrogen-bond donors (Lipinski definition) is 1. The molecule has 4 heterocycles. The van der Waals surface area contributed by atoms with E-state index in [1.807, 2.05) is 18.2 Å². The maximum Gasteiger partial charge on any atom is 0.355 e. The average Bonchev–Trinajstić information content (AvgIpc) is 3.23. The molecule has 180 valence electrons. The zero-order valence-corrected chi connectivity index (χ0v) is 20.0. The number of nitrogens with zero attached hydrogens (tertiary/aromatic N) is 2. The first kappa shape index (κ1) is 22.3. The number of ether oxygens (including phenoxy) is 2. The summed E-state index contributed by atoms with van der Waals surface area (Å²) >= 11 is 5.93. The van der Waals surface area contributed by atoms with Gasteiger partial charge in [0.25, 0.3) is 5.56 Å². The zero-order chi connectivity index (χ0) is 25.2. The largest absolute Gasteiger partial charge is 0.457 e. The molecule has 2 aromatic heterocycles. The maximum atomic E-state index is 13.6. The third-order valence-corrected chi connectivity index (χ3v) is 7.15. The van der Waals surface area contributed by atoms with Crippen molar-refractivity contribution in [2.24, 2.45) is 0 Å². The summed E-state index contributed by atoms with van der Waals surface area (Å²) in [7, 11) is 0. The van der Waals surface area contributed by atoms with Crippen molar-refractivity contribution in [2.45, 2.75) is 32.1 Å². The molecule has 36 heavy (non-hydrogen) atoms. The summed E-state index contributed by atoms with van der Waals surface area (Å²) in [6.07, 6.45) is 0.0790. The Kier molecular flexibility index (Phi) is 4.91. The number of pyridine rings is 2. The van der Waals surface area contributed by atoms with Crippen molar-refractivity contribution >= 4 is 40.1 Å². The van der Waals surface area contributed by atoms with Crippen LogP contribution in [0.4, 0.5) is 5.69 Å². The van der Waals surface area contributed by atoms with Crippen LogP contribution in [0.15, 0.2) is 59.4 Å². The predicted octanol–water partition coefficient (Wildman–Crippen LogP) is 4.18. The Morgan fingerprint density at radius 3 is 2.72 bits per heavy atom. The number of rotatable bonds is 3. The molecule has 0 unspecified atom stereocenters. The molecule has 2 aromatic carbocycles. The maximum absolute atomic E-state index is 13.6. The molecule has 0 saturated heterocycles. The monoisotopic (exact) mass is 501 g/mol. The summed E-state index contributed by atoms with van der Waals surface area (Å²) < 4.78 is 12.8. The van der Waals surface area contributed by atoms with Crippen LogP contribution in [0.1, 0.15) is 40.4 Å². The van der Waals surface area contributed by atoms with Gasteiger partial charge < -0.3 is 19.8 Å². The Morgan fingerprint density at radius 2 is 1.97 bits per heavy atom. The van der Waals surface area contributed by atoms with Crippen LogP contribution >= 0.6 is 11.6 Å². The van der Waals surface area contributed by atoms with Gasteiger partial charge in [0.15, 0.2) is 0 Å². The summed E-state index contributed by atoms with van der Waals surface area (Å²) in [4.78, 5) is 44.6. The van der Waals surface area contributed by atoms with Gasteiger partial charge in [-0.25, -0.2) is 14.6 Å². The molecule has 8 nitrogen and oxygen atoms in total. The van der Waals surface area contributed by atoms with Crippen LogP contribution in [-0.2, 0) is 33.0 Å². The van der Waals surface area contributed by atoms with Gasteiger partial charge >= 0.3 is 11.9 Å². The second-order valence-electron chi connectivity index (χ2n) is 8.88. The number of hydrogen-bond acceptors (Lipinski definition) is 7. The minimum Gasteiger partial charge on any atom is -0.457 e. The van der Waals surface area contributed by atoms with Crippen LogP contribution < -0.4 is 11.3 Å². The number of benzene rings is 2. The number of nitrogen functional groups attached to an aromatic ring is 1. The van der Waals surface area contributed by atoms with Crippen molar-refractivity contribution in [3.8, 4) is 11.4 Å². The lowest BCUT2D eigenvalue weighted by Gasteiger charge is -2.35. The summed E-state index contributed by atoms with van der Waals surface area (Å²) in [6.45, 7) is 1.82. The fraction of sp³-hybridized carbons (Fsp3) is 0.185. The summed E-state index contributed by atoms with van der Waals surface area (Å²) in [5, 5.41) is 1.27. The van der Waals surface area contributed by atoms with Gasteiger partial charge in [0.05, 0.1) is 34.6 Å². The SMILES string of the molecule is CC[C@@]1(OC(=O)c2ccc(Cl)cc2)C(=O)OCc2c1cc1n(c2=O)Cc2cc3c(N)cccc3nc2-1. The summed E-state index contributed by atoms with van der Waals surface area (Å²) in [5.74, 6) is -1.44. The fourth-order valence-corrected chi connectivity index (χ4v) is 5.11. The lowest BCUT2D eigenvalue weighted by Crippen LogP contribution is -2.47. The van der Waals surface area contributed by atoms with E-state index in [0.717, 1.165) is 10.9 Å². The molecule has 9 heteroatoms. The van der Waals surface area contributed by atoms with Gasteiger partial charge in [-0.3, -0.25) is 4.79 Å². The van der Waals surface area contributed by atoms with E-state index in [-0.39, 0.29) is 29.7 Å². The minimum atomic E-state index is -1.77. The van der Waals surface area contributed by atoms with E-state index >= 15 is 0 Å². The average molecular weight is 502 g/mol. The van der Waals surface area contributed by atoms with Crippen molar-refractivity contribution < 1.29 is 19.1 Å².